The molecule has 2 amide bonds. The fourth-order valence-corrected chi connectivity index (χ4v) is 2.97. The lowest BCUT2D eigenvalue weighted by Gasteiger charge is -2.34. The topological polar surface area (TPSA) is 144 Å². The molecule has 1 aromatic heterocycles. The molecule has 1 heterocycles. The van der Waals surface area contributed by atoms with E-state index in [2.05, 4.69) is 11.6 Å². The quantitative estimate of drug-likeness (QED) is 0.191. The number of nitrogens with zero attached hydrogens (tertiary/aromatic N) is 2. The Balaban J connectivity index is 2.36. The maximum Gasteiger partial charge on any atom is 0.426 e. The molecule has 2 rings (SSSR count). The molecule has 37 heavy (non-hydrogen) atoms. The van der Waals surface area contributed by atoms with Crippen molar-refractivity contribution in [1.82, 2.24) is 15.8 Å². The predicted molar refractivity (Wildman–Crippen MR) is 113 cm³/mol. The van der Waals surface area contributed by atoms with E-state index >= 15 is 0 Å². The first kappa shape index (κ1) is 29.0. The summed E-state index contributed by atoms with van der Waals surface area (Å²) >= 11 is 0. The Labute approximate surface area is 204 Å². The summed E-state index contributed by atoms with van der Waals surface area (Å²) in [6, 6.07) is 7.28. The smallest absolute Gasteiger partial charge is 0.426 e. The highest BCUT2D eigenvalue weighted by atomic mass is 19.4. The van der Waals surface area contributed by atoms with Crippen LogP contribution in [0.25, 0.3) is 0 Å². The highest BCUT2D eigenvalue weighted by Crippen LogP contribution is 2.39. The van der Waals surface area contributed by atoms with E-state index in [-0.39, 0.29) is 18.1 Å². The van der Waals surface area contributed by atoms with Gasteiger partial charge in [0.2, 0.25) is 17.2 Å². The normalized spacial score (nSPS) is 13.4. The van der Waals surface area contributed by atoms with Crippen molar-refractivity contribution in [1.29, 1.82) is 0 Å². The Morgan fingerprint density at radius 2 is 1.76 bits per heavy atom. The molecule has 0 radical (unpaired) electrons. The number of carbonyl (C=O) groups excluding carboxylic acids is 2. The number of aromatic nitrogens is 1. The number of nitrogens with one attached hydrogen (secondary N) is 2. The maximum absolute atomic E-state index is 14.1. The summed E-state index contributed by atoms with van der Waals surface area (Å²) in [6.07, 6.45) is -10.9. The largest absolute Gasteiger partial charge is 0.493 e. The zero-order valence-electron chi connectivity index (χ0n) is 18.5. The van der Waals surface area contributed by atoms with Gasteiger partial charge >= 0.3 is 18.0 Å². The lowest BCUT2D eigenvalue weighted by Crippen LogP contribution is -2.61. The van der Waals surface area contributed by atoms with Crippen molar-refractivity contribution in [2.45, 2.75) is 37.4 Å². The molecule has 16 heteroatoms. The lowest BCUT2D eigenvalue weighted by molar-refractivity contribution is -0.385. The van der Waals surface area contributed by atoms with Gasteiger partial charge in [-0.25, -0.2) is 4.98 Å². The molecular formula is C21H18F6N4O6. The van der Waals surface area contributed by atoms with Gasteiger partial charge in [-0.15, -0.1) is 6.58 Å². The Morgan fingerprint density at radius 3 is 2.27 bits per heavy atom. The molecule has 0 saturated heterocycles. The van der Waals surface area contributed by atoms with Gasteiger partial charge in [0.15, 0.2) is 0 Å². The van der Waals surface area contributed by atoms with Crippen LogP contribution in [0.3, 0.4) is 0 Å². The zero-order chi connectivity index (χ0) is 28.0. The first-order valence-corrected chi connectivity index (χ1v) is 10.1. The van der Waals surface area contributed by atoms with Crippen molar-refractivity contribution in [3.8, 4) is 5.88 Å². The summed E-state index contributed by atoms with van der Waals surface area (Å²) in [5.74, 6) is -5.53. The van der Waals surface area contributed by atoms with Crippen molar-refractivity contribution in [3.63, 3.8) is 0 Å². The number of nitro groups is 1. The average Bonchev–Trinajstić information content (AvgIpc) is 2.81. The number of alkyl halides is 6. The summed E-state index contributed by atoms with van der Waals surface area (Å²) in [4.78, 5) is 37.6. The van der Waals surface area contributed by atoms with E-state index in [1.807, 2.05) is 0 Å². The van der Waals surface area contributed by atoms with Crippen LogP contribution in [0.4, 0.5) is 32.0 Å². The third kappa shape index (κ3) is 6.72. The summed E-state index contributed by atoms with van der Waals surface area (Å²) in [5, 5.41) is 20.6. The number of hydrogen-bond acceptors (Lipinski definition) is 7. The number of aromatic hydroxyl groups is 1. The molecule has 0 saturated carbocycles. The van der Waals surface area contributed by atoms with Crippen LogP contribution in [0.5, 0.6) is 5.88 Å². The number of benzene rings is 1. The van der Waals surface area contributed by atoms with E-state index in [0.29, 0.717) is 0 Å². The molecule has 0 aliphatic heterocycles. The number of halogens is 6. The first-order valence-electron chi connectivity index (χ1n) is 10.1. The molecule has 10 nitrogen and oxygen atoms in total. The number of ether oxygens (including phenoxy) is 1. The Morgan fingerprint density at radius 1 is 1.14 bits per heavy atom. The van der Waals surface area contributed by atoms with E-state index in [4.69, 9.17) is 4.74 Å². The molecule has 3 N–H and O–H groups in total. The summed E-state index contributed by atoms with van der Waals surface area (Å²) in [6.45, 7) is 2.61. The summed E-state index contributed by atoms with van der Waals surface area (Å²) in [5.41, 5.74) is -5.30. The molecule has 1 atom stereocenters. The molecular weight excluding hydrogens is 518 g/mol. The monoisotopic (exact) mass is 536 g/mol. The predicted octanol–water partition coefficient (Wildman–Crippen LogP) is 3.96. The second kappa shape index (κ2) is 11.2. The van der Waals surface area contributed by atoms with Crippen molar-refractivity contribution in [2.24, 2.45) is 0 Å². The van der Waals surface area contributed by atoms with Gasteiger partial charge in [0.05, 0.1) is 11.5 Å². The molecule has 1 aromatic carbocycles. The van der Waals surface area contributed by atoms with Crippen LogP contribution in [0.1, 0.15) is 34.5 Å². The van der Waals surface area contributed by atoms with Crippen molar-refractivity contribution in [2.75, 3.05) is 0 Å². The number of carbonyl (C=O) groups is 2. The van der Waals surface area contributed by atoms with E-state index in [0.717, 1.165) is 6.08 Å². The molecule has 2 aromatic rings. The number of hydrogen-bond donors (Lipinski definition) is 3. The van der Waals surface area contributed by atoms with Gasteiger partial charge in [0, 0.05) is 6.07 Å². The molecule has 0 bridgehead atoms. The highest BCUT2D eigenvalue weighted by Gasteiger charge is 2.61. The van der Waals surface area contributed by atoms with Gasteiger partial charge in [0.25, 0.3) is 11.8 Å². The molecule has 0 aliphatic rings. The minimum Gasteiger partial charge on any atom is -0.493 e. The lowest BCUT2D eigenvalue weighted by atomic mass is 9.95. The zero-order valence-corrected chi connectivity index (χ0v) is 18.5. The van der Waals surface area contributed by atoms with Crippen LogP contribution >= 0.6 is 0 Å². The van der Waals surface area contributed by atoms with E-state index in [1.165, 1.54) is 35.1 Å². The minimum absolute atomic E-state index is 0.188. The van der Waals surface area contributed by atoms with E-state index < -0.39 is 70.5 Å². The second-order valence-corrected chi connectivity index (χ2v) is 7.32. The summed E-state index contributed by atoms with van der Waals surface area (Å²) in [7, 11) is 0. The van der Waals surface area contributed by atoms with Crippen LogP contribution < -0.4 is 10.9 Å². The molecule has 0 unspecified atom stereocenters. The number of pyridine rings is 1. The Bertz CT molecular complexity index is 1170. The minimum atomic E-state index is -5.34. The van der Waals surface area contributed by atoms with Crippen LogP contribution in [-0.2, 0) is 22.3 Å². The van der Waals surface area contributed by atoms with Crippen LogP contribution in [0.15, 0.2) is 49.1 Å². The second-order valence-electron chi connectivity index (χ2n) is 7.32. The van der Waals surface area contributed by atoms with Crippen LogP contribution in [0.2, 0.25) is 0 Å². The fourth-order valence-electron chi connectivity index (χ4n) is 2.97. The molecule has 200 valence electrons. The van der Waals surface area contributed by atoms with E-state index in [1.54, 1.807) is 6.07 Å². The third-order valence-corrected chi connectivity index (χ3v) is 4.84. The van der Waals surface area contributed by atoms with Gasteiger partial charge in [-0.05, 0) is 18.4 Å². The Hall–Kier alpha value is -4.21. The number of allylic oxidation sites excluding steroid dienone is 1. The molecule has 0 fully saturated rings. The molecule has 0 spiro atoms. The van der Waals surface area contributed by atoms with Crippen molar-refractivity contribution < 1.29 is 50.7 Å². The standard InChI is InChI=1S/C21H18F6N4O6/c1-2-3-9-19(21(25,26)27,37-11-12-7-5-4-6-8-12)18(34)30-29-17(33)15-14(31(35)36)10-13(16(32)28-15)20(22,23)24/h2,4-8,10H,1,3,9,11H2,(H,28,32)(H,29,33)(H,30,34)/t19-/m1/s1. The number of rotatable bonds is 9. The molecule has 0 aliphatic carbocycles. The van der Waals surface area contributed by atoms with Crippen molar-refractivity contribution in [3.05, 3.63) is 76.0 Å². The van der Waals surface area contributed by atoms with E-state index in [9.17, 15) is 51.2 Å². The van der Waals surface area contributed by atoms with Gasteiger partial charge < -0.3 is 9.84 Å². The highest BCUT2D eigenvalue weighted by molar-refractivity contribution is 5.98. The SMILES string of the molecule is C=CCC[C@@](OCc1ccccc1)(C(=O)NNC(=O)c1nc(O)c(C(F)(F)F)cc1[N+](=O)[O-])C(F)(F)F. The Kier molecular flexibility index (Phi) is 8.81. The fraction of sp³-hybridized carbons (Fsp3) is 0.286. The van der Waals surface area contributed by atoms with Gasteiger partial charge in [0.1, 0.15) is 5.56 Å². The number of amides is 2. The average molecular weight is 536 g/mol. The first-order chi connectivity index (χ1) is 17.1. The van der Waals surface area contributed by atoms with Crippen LogP contribution in [0, 0.1) is 10.1 Å². The van der Waals surface area contributed by atoms with Crippen LogP contribution in [-0.4, -0.2) is 38.6 Å². The number of hydrazine groups is 1. The third-order valence-electron chi connectivity index (χ3n) is 4.84. The van der Waals surface area contributed by atoms with Gasteiger partial charge in [-0.2, -0.15) is 26.3 Å². The summed E-state index contributed by atoms with van der Waals surface area (Å²) < 4.78 is 86.0. The van der Waals surface area contributed by atoms with Crippen molar-refractivity contribution >= 4 is 17.5 Å². The van der Waals surface area contributed by atoms with Gasteiger partial charge in [-0.3, -0.25) is 30.6 Å². The maximum atomic E-state index is 14.1. The van der Waals surface area contributed by atoms with Gasteiger partial charge in [-0.1, -0.05) is 36.4 Å².